The van der Waals surface area contributed by atoms with Gasteiger partial charge in [-0.2, -0.15) is 4.98 Å². The highest BCUT2D eigenvalue weighted by atomic mass is 16.3. The van der Waals surface area contributed by atoms with E-state index in [1.165, 1.54) is 0 Å². The number of anilines is 1. The van der Waals surface area contributed by atoms with Crippen LogP contribution in [0.1, 0.15) is 23.0 Å². The molecule has 4 aromatic heterocycles. The Morgan fingerprint density at radius 1 is 1.32 bits per heavy atom. The van der Waals surface area contributed by atoms with Crippen LogP contribution in [0.2, 0.25) is 0 Å². The molecule has 0 radical (unpaired) electrons. The topological polar surface area (TPSA) is 129 Å². The van der Waals surface area contributed by atoms with Crippen molar-refractivity contribution in [3.05, 3.63) is 66.2 Å². The fourth-order valence-electron chi connectivity index (χ4n) is 3.38. The SMILES string of the molecule is O=C(Nc1n[nH]c(-c2ccco2)n1)N1CCc2[nH]cnc2C1c1cccnc1. The average molecular weight is 376 g/mol. The Hall–Kier alpha value is -3.95. The van der Waals surface area contributed by atoms with Gasteiger partial charge >= 0.3 is 6.03 Å². The minimum atomic E-state index is -0.341. The lowest BCUT2D eigenvalue weighted by molar-refractivity contribution is 0.192. The Balaban J connectivity index is 1.42. The number of carbonyl (C=O) groups is 1. The van der Waals surface area contributed by atoms with E-state index in [4.69, 9.17) is 4.42 Å². The van der Waals surface area contributed by atoms with Crippen molar-refractivity contribution in [1.82, 2.24) is 35.0 Å². The molecule has 28 heavy (non-hydrogen) atoms. The number of urea groups is 1. The van der Waals surface area contributed by atoms with Gasteiger partial charge < -0.3 is 14.3 Å². The Kier molecular flexibility index (Phi) is 3.86. The number of aromatic nitrogens is 6. The molecular weight excluding hydrogens is 360 g/mol. The maximum Gasteiger partial charge on any atom is 0.325 e. The standard InChI is InChI=1S/C18H16N8O2/c27-18(23-17-22-16(24-25-17)13-4-2-8-28-13)26-7-5-12-14(21-10-20-12)15(26)11-3-1-6-19-9-11/h1-4,6,8-10,15H,5,7H2,(H,20,21)(H2,22,23,24,25,27). The second-order valence-corrected chi connectivity index (χ2v) is 6.31. The molecule has 2 amide bonds. The van der Waals surface area contributed by atoms with Gasteiger partial charge in [0, 0.05) is 31.1 Å². The average Bonchev–Trinajstić information content (AvgIpc) is 3.48. The number of rotatable bonds is 3. The minimum absolute atomic E-state index is 0.175. The van der Waals surface area contributed by atoms with Gasteiger partial charge in [-0.05, 0) is 23.8 Å². The molecule has 1 aliphatic heterocycles. The molecule has 0 spiro atoms. The fourth-order valence-corrected chi connectivity index (χ4v) is 3.38. The summed E-state index contributed by atoms with van der Waals surface area (Å²) in [6.07, 6.45) is 7.33. The molecular formula is C18H16N8O2. The van der Waals surface area contributed by atoms with Crippen molar-refractivity contribution in [2.75, 3.05) is 11.9 Å². The third-order valence-corrected chi connectivity index (χ3v) is 4.64. The first-order valence-corrected chi connectivity index (χ1v) is 8.75. The third kappa shape index (κ3) is 2.80. The van der Waals surface area contributed by atoms with E-state index in [9.17, 15) is 4.79 Å². The largest absolute Gasteiger partial charge is 0.461 e. The Bertz CT molecular complexity index is 1090. The second kappa shape index (κ2) is 6.65. The van der Waals surface area contributed by atoms with E-state index < -0.39 is 0 Å². The number of nitrogens with one attached hydrogen (secondary N) is 3. The highest BCUT2D eigenvalue weighted by molar-refractivity contribution is 5.88. The zero-order valence-electron chi connectivity index (χ0n) is 14.7. The minimum Gasteiger partial charge on any atom is -0.461 e. The zero-order chi connectivity index (χ0) is 18.9. The Labute approximate surface area is 159 Å². The number of carbonyl (C=O) groups excluding carboxylic acids is 1. The smallest absolute Gasteiger partial charge is 0.325 e. The molecule has 10 heteroatoms. The van der Waals surface area contributed by atoms with Crippen molar-refractivity contribution >= 4 is 12.0 Å². The summed E-state index contributed by atoms with van der Waals surface area (Å²) in [4.78, 5) is 30.8. The van der Waals surface area contributed by atoms with Crippen LogP contribution in [-0.2, 0) is 6.42 Å². The molecule has 3 N–H and O–H groups in total. The van der Waals surface area contributed by atoms with Crippen LogP contribution in [0.25, 0.3) is 11.6 Å². The van der Waals surface area contributed by atoms with E-state index in [1.54, 1.807) is 42.0 Å². The summed E-state index contributed by atoms with van der Waals surface area (Å²) >= 11 is 0. The highest BCUT2D eigenvalue weighted by Gasteiger charge is 2.34. The van der Waals surface area contributed by atoms with Gasteiger partial charge in [-0.25, -0.2) is 9.78 Å². The molecule has 5 heterocycles. The van der Waals surface area contributed by atoms with E-state index in [2.05, 4.69) is 35.5 Å². The number of fused-ring (bicyclic) bond motifs is 1. The van der Waals surface area contributed by atoms with E-state index in [1.807, 2.05) is 12.1 Å². The van der Waals surface area contributed by atoms with Crippen molar-refractivity contribution < 1.29 is 9.21 Å². The molecule has 0 saturated heterocycles. The maximum absolute atomic E-state index is 13.0. The molecule has 0 saturated carbocycles. The van der Waals surface area contributed by atoms with Gasteiger partial charge in [0.05, 0.1) is 18.3 Å². The van der Waals surface area contributed by atoms with Gasteiger partial charge in [-0.15, -0.1) is 5.10 Å². The van der Waals surface area contributed by atoms with Crippen molar-refractivity contribution in [1.29, 1.82) is 0 Å². The summed E-state index contributed by atoms with van der Waals surface area (Å²) in [5.74, 6) is 1.16. The van der Waals surface area contributed by atoms with Crippen LogP contribution in [0.5, 0.6) is 0 Å². The number of amides is 2. The van der Waals surface area contributed by atoms with Gasteiger partial charge in [0.25, 0.3) is 5.95 Å². The maximum atomic E-state index is 13.0. The molecule has 10 nitrogen and oxygen atoms in total. The van der Waals surface area contributed by atoms with Crippen LogP contribution in [0.4, 0.5) is 10.7 Å². The molecule has 1 atom stereocenters. The first-order chi connectivity index (χ1) is 13.8. The monoisotopic (exact) mass is 376 g/mol. The number of imidazole rings is 1. The highest BCUT2D eigenvalue weighted by Crippen LogP contribution is 2.33. The van der Waals surface area contributed by atoms with Gasteiger partial charge in [0.15, 0.2) is 11.6 Å². The number of H-pyrrole nitrogens is 2. The lowest BCUT2D eigenvalue weighted by Gasteiger charge is -2.34. The molecule has 0 bridgehead atoms. The molecule has 5 rings (SSSR count). The Morgan fingerprint density at radius 3 is 3.11 bits per heavy atom. The van der Waals surface area contributed by atoms with Crippen LogP contribution in [-0.4, -0.2) is 47.6 Å². The summed E-state index contributed by atoms with van der Waals surface area (Å²) in [6, 6.07) is 6.64. The van der Waals surface area contributed by atoms with Crippen LogP contribution in [0, 0.1) is 0 Å². The summed E-state index contributed by atoms with van der Waals surface area (Å²) in [7, 11) is 0. The summed E-state index contributed by atoms with van der Waals surface area (Å²) in [5, 5.41) is 9.56. The normalized spacial score (nSPS) is 16.0. The quantitative estimate of drug-likeness (QED) is 0.503. The van der Waals surface area contributed by atoms with E-state index in [-0.39, 0.29) is 18.0 Å². The van der Waals surface area contributed by atoms with E-state index in [0.29, 0.717) is 24.6 Å². The number of nitrogens with zero attached hydrogens (tertiary/aromatic N) is 5. The second-order valence-electron chi connectivity index (χ2n) is 6.31. The molecule has 0 aliphatic carbocycles. The van der Waals surface area contributed by atoms with Crippen molar-refractivity contribution in [3.63, 3.8) is 0 Å². The molecule has 1 aliphatic rings. The molecule has 140 valence electrons. The lowest BCUT2D eigenvalue weighted by atomic mass is 9.97. The predicted octanol–water partition coefficient (Wildman–Crippen LogP) is 2.36. The molecule has 4 aromatic rings. The number of aromatic amines is 2. The number of hydrogen-bond acceptors (Lipinski definition) is 6. The van der Waals surface area contributed by atoms with Crippen molar-refractivity contribution in [2.24, 2.45) is 0 Å². The summed E-state index contributed by atoms with van der Waals surface area (Å²) < 4.78 is 5.28. The number of furan rings is 1. The molecule has 0 fully saturated rings. The van der Waals surface area contributed by atoms with Gasteiger partial charge in [-0.3, -0.25) is 15.4 Å². The van der Waals surface area contributed by atoms with Crippen LogP contribution < -0.4 is 5.32 Å². The van der Waals surface area contributed by atoms with Crippen LogP contribution >= 0.6 is 0 Å². The fraction of sp³-hybridized carbons (Fsp3) is 0.167. The number of pyridine rings is 1. The van der Waals surface area contributed by atoms with E-state index >= 15 is 0 Å². The first-order valence-electron chi connectivity index (χ1n) is 8.75. The molecule has 0 aromatic carbocycles. The first kappa shape index (κ1) is 16.2. The summed E-state index contributed by atoms with van der Waals surface area (Å²) in [6.45, 7) is 0.524. The summed E-state index contributed by atoms with van der Waals surface area (Å²) in [5.41, 5.74) is 2.73. The lowest BCUT2D eigenvalue weighted by Crippen LogP contribution is -2.43. The van der Waals surface area contributed by atoms with Gasteiger partial charge in [0.1, 0.15) is 6.04 Å². The van der Waals surface area contributed by atoms with Crippen LogP contribution in [0.15, 0.2) is 53.7 Å². The number of hydrogen-bond donors (Lipinski definition) is 3. The van der Waals surface area contributed by atoms with Gasteiger partial charge in [0.2, 0.25) is 0 Å². The van der Waals surface area contributed by atoms with Crippen molar-refractivity contribution in [3.8, 4) is 11.6 Å². The van der Waals surface area contributed by atoms with Crippen LogP contribution in [0.3, 0.4) is 0 Å². The third-order valence-electron chi connectivity index (χ3n) is 4.64. The van der Waals surface area contributed by atoms with Crippen molar-refractivity contribution in [2.45, 2.75) is 12.5 Å². The van der Waals surface area contributed by atoms with Gasteiger partial charge in [-0.1, -0.05) is 6.07 Å². The molecule has 1 unspecified atom stereocenters. The van der Waals surface area contributed by atoms with E-state index in [0.717, 1.165) is 17.0 Å². The zero-order valence-corrected chi connectivity index (χ0v) is 14.7. The predicted molar refractivity (Wildman–Crippen MR) is 98.2 cm³/mol. The Morgan fingerprint density at radius 2 is 2.29 bits per heavy atom.